The first-order valence-corrected chi connectivity index (χ1v) is 20.2. The van der Waals surface area contributed by atoms with Gasteiger partial charge in [-0.15, -0.1) is 0 Å². The molecule has 1 aliphatic carbocycles. The highest BCUT2D eigenvalue weighted by Crippen LogP contribution is 2.29. The Balaban J connectivity index is 0.842. The second kappa shape index (κ2) is 17.1. The van der Waals surface area contributed by atoms with Crippen LogP contribution in [0.15, 0.2) is 47.3 Å². The number of likely N-dealkylation sites (tertiary alicyclic amines) is 1. The van der Waals surface area contributed by atoms with E-state index in [1.54, 1.807) is 29.2 Å². The number of nitrogens with one attached hydrogen (secondary N) is 1. The summed E-state index contributed by atoms with van der Waals surface area (Å²) in [6, 6.07) is 12.2. The van der Waals surface area contributed by atoms with Gasteiger partial charge in [0.1, 0.15) is 5.82 Å². The first kappa shape index (κ1) is 38.1. The van der Waals surface area contributed by atoms with E-state index in [1.165, 1.54) is 38.2 Å². The number of aromatic nitrogens is 2. The molecule has 1 N–H and O–H groups in total. The van der Waals surface area contributed by atoms with Gasteiger partial charge in [0.25, 0.3) is 11.5 Å². The van der Waals surface area contributed by atoms with Crippen molar-refractivity contribution < 1.29 is 18.8 Å². The maximum Gasteiger partial charge on any atom is 0.272 e. The van der Waals surface area contributed by atoms with Crippen LogP contribution in [0, 0.1) is 17.7 Å². The van der Waals surface area contributed by atoms with Crippen LogP contribution in [0.1, 0.15) is 86.8 Å². The average Bonchev–Trinajstić information content (AvgIpc) is 3.17. The molecule has 0 spiro atoms. The molecule has 3 saturated heterocycles. The van der Waals surface area contributed by atoms with Crippen LogP contribution in [0.3, 0.4) is 0 Å². The van der Waals surface area contributed by atoms with Crippen molar-refractivity contribution in [3.8, 4) is 0 Å². The van der Waals surface area contributed by atoms with Crippen molar-refractivity contribution in [2.75, 3.05) is 65.4 Å². The molecule has 2 aromatic carbocycles. The number of benzene rings is 2. The summed E-state index contributed by atoms with van der Waals surface area (Å²) in [5.74, 6) is 0.595. The molecule has 2 atom stereocenters. The normalized spacial score (nSPS) is 22.5. The molecule has 1 unspecified atom stereocenters. The summed E-state index contributed by atoms with van der Waals surface area (Å²) >= 11 is 0. The van der Waals surface area contributed by atoms with E-state index >= 15 is 0 Å². The van der Waals surface area contributed by atoms with Crippen LogP contribution < -0.4 is 5.56 Å². The van der Waals surface area contributed by atoms with E-state index < -0.39 is 5.82 Å². The first-order chi connectivity index (χ1) is 26.1. The fourth-order valence-corrected chi connectivity index (χ4v) is 9.48. The van der Waals surface area contributed by atoms with Gasteiger partial charge in [0.15, 0.2) is 0 Å². The number of rotatable bonds is 9. The number of amides is 3. The van der Waals surface area contributed by atoms with Crippen LogP contribution in [0.2, 0.25) is 0 Å². The predicted molar refractivity (Wildman–Crippen MR) is 207 cm³/mol. The van der Waals surface area contributed by atoms with Crippen molar-refractivity contribution in [1.82, 2.24) is 34.7 Å². The van der Waals surface area contributed by atoms with Gasteiger partial charge in [-0.1, -0.05) is 43.5 Å². The Morgan fingerprint density at radius 1 is 0.778 bits per heavy atom. The summed E-state index contributed by atoms with van der Waals surface area (Å²) in [7, 11) is 0. The largest absolute Gasteiger partial charge is 0.338 e. The molecule has 3 amide bonds. The molecular formula is C42H56FN7O4. The number of piperidine rings is 1. The quantitative estimate of drug-likeness (QED) is 0.343. The summed E-state index contributed by atoms with van der Waals surface area (Å²) in [4.78, 5) is 62.7. The zero-order valence-corrected chi connectivity index (χ0v) is 32.0. The van der Waals surface area contributed by atoms with Gasteiger partial charge in [0.2, 0.25) is 11.8 Å². The maximum atomic E-state index is 15.0. The van der Waals surface area contributed by atoms with Gasteiger partial charge in [0, 0.05) is 76.1 Å². The zero-order chi connectivity index (χ0) is 37.8. The van der Waals surface area contributed by atoms with Crippen molar-refractivity contribution >= 4 is 28.5 Å². The highest BCUT2D eigenvalue weighted by Gasteiger charge is 2.35. The molecule has 12 heteroatoms. The van der Waals surface area contributed by atoms with Gasteiger partial charge < -0.3 is 14.7 Å². The van der Waals surface area contributed by atoms with Crippen molar-refractivity contribution in [3.05, 3.63) is 75.5 Å². The van der Waals surface area contributed by atoms with Crippen molar-refractivity contribution in [2.24, 2.45) is 11.8 Å². The first-order valence-electron chi connectivity index (χ1n) is 20.2. The Kier molecular flexibility index (Phi) is 12.1. The Morgan fingerprint density at radius 2 is 1.44 bits per heavy atom. The molecule has 11 nitrogen and oxygen atoms in total. The Bertz CT molecular complexity index is 1850. The highest BCUT2D eigenvalue weighted by molar-refractivity contribution is 5.95. The number of carbonyl (C=O) groups excluding carboxylic acids is 3. The Morgan fingerprint density at radius 3 is 2.15 bits per heavy atom. The van der Waals surface area contributed by atoms with E-state index in [0.717, 1.165) is 51.0 Å². The molecule has 0 bridgehead atoms. The van der Waals surface area contributed by atoms with Gasteiger partial charge in [0.05, 0.1) is 23.2 Å². The standard InChI is InChI=1S/C42H56FN7O4/c1-29-25-47(26-30(2)50(29)39(51)24-31-8-4-3-5-9-31)27-32-14-16-46(17-15-32)28-40(52)48-18-20-49(21-19-48)42(54)36-22-33(12-13-37(36)43)23-38-34-10-6-7-11-35(34)41(53)45-44-38/h6-7,10-13,22,29-32H,3-5,8-9,14-21,23-28H2,1-2H3,(H,45,53)/t29-,30?/m1/s1. The molecule has 1 saturated carbocycles. The minimum atomic E-state index is -0.587. The summed E-state index contributed by atoms with van der Waals surface area (Å²) in [5, 5.41) is 8.01. The van der Waals surface area contributed by atoms with Gasteiger partial charge >= 0.3 is 0 Å². The molecule has 1 aromatic heterocycles. The lowest BCUT2D eigenvalue weighted by Crippen LogP contribution is -2.59. The topological polar surface area (TPSA) is 113 Å². The third-order valence-electron chi connectivity index (χ3n) is 12.4. The molecule has 7 rings (SSSR count). The van der Waals surface area contributed by atoms with Gasteiger partial charge in [-0.2, -0.15) is 5.10 Å². The minimum Gasteiger partial charge on any atom is -0.338 e. The number of carbonyl (C=O) groups is 3. The number of hydrogen-bond acceptors (Lipinski definition) is 7. The van der Waals surface area contributed by atoms with Gasteiger partial charge in [-0.3, -0.25) is 29.0 Å². The van der Waals surface area contributed by atoms with E-state index in [-0.39, 0.29) is 35.0 Å². The number of halogens is 1. The molecule has 4 heterocycles. The predicted octanol–water partition coefficient (Wildman–Crippen LogP) is 4.54. The van der Waals surface area contributed by atoms with E-state index in [9.17, 15) is 23.6 Å². The van der Waals surface area contributed by atoms with Crippen LogP contribution in [0.4, 0.5) is 4.39 Å². The van der Waals surface area contributed by atoms with Crippen LogP contribution in [0.25, 0.3) is 10.8 Å². The zero-order valence-electron chi connectivity index (χ0n) is 32.0. The Hall–Kier alpha value is -4.16. The summed E-state index contributed by atoms with van der Waals surface area (Å²) in [6.45, 7) is 11.0. The molecule has 4 aliphatic rings. The third kappa shape index (κ3) is 8.86. The SMILES string of the molecule is CC1CN(CC2CCN(CC(=O)N3CCN(C(=O)c4cc(Cc5n[nH]c(=O)c6ccccc56)ccc4F)CC3)CC2)C[C@@H](C)N1C(=O)CC1CCCCC1. The second-order valence-electron chi connectivity index (χ2n) is 16.4. The van der Waals surface area contributed by atoms with Crippen LogP contribution in [-0.2, 0) is 16.0 Å². The number of H-pyrrole nitrogens is 1. The highest BCUT2D eigenvalue weighted by atomic mass is 19.1. The lowest BCUT2D eigenvalue weighted by molar-refractivity contribution is -0.140. The van der Waals surface area contributed by atoms with E-state index in [1.807, 2.05) is 17.0 Å². The number of aromatic amines is 1. The van der Waals surface area contributed by atoms with Crippen molar-refractivity contribution in [3.63, 3.8) is 0 Å². The van der Waals surface area contributed by atoms with Gasteiger partial charge in [-0.05, 0) is 88.2 Å². The van der Waals surface area contributed by atoms with Crippen LogP contribution in [0.5, 0.6) is 0 Å². The average molecular weight is 742 g/mol. The van der Waals surface area contributed by atoms with Gasteiger partial charge in [-0.25, -0.2) is 9.49 Å². The molecule has 0 radical (unpaired) electrons. The lowest BCUT2D eigenvalue weighted by atomic mass is 9.86. The van der Waals surface area contributed by atoms with E-state index in [2.05, 4.69) is 38.7 Å². The van der Waals surface area contributed by atoms with Crippen LogP contribution in [-0.4, -0.2) is 130 Å². The summed E-state index contributed by atoms with van der Waals surface area (Å²) in [6.07, 6.45) is 9.40. The second-order valence-corrected chi connectivity index (χ2v) is 16.4. The molecule has 3 aromatic rings. The monoisotopic (exact) mass is 741 g/mol. The Labute approximate surface area is 317 Å². The van der Waals surface area contributed by atoms with Crippen molar-refractivity contribution in [2.45, 2.75) is 83.7 Å². The smallest absolute Gasteiger partial charge is 0.272 e. The van der Waals surface area contributed by atoms with E-state index in [0.29, 0.717) is 80.0 Å². The number of hydrogen-bond donors (Lipinski definition) is 1. The maximum absolute atomic E-state index is 15.0. The number of fused-ring (bicyclic) bond motifs is 1. The minimum absolute atomic E-state index is 0.00202. The molecular weight excluding hydrogens is 686 g/mol. The third-order valence-corrected chi connectivity index (χ3v) is 12.4. The lowest BCUT2D eigenvalue weighted by Gasteiger charge is -2.46. The number of nitrogens with zero attached hydrogens (tertiary/aromatic N) is 6. The summed E-state index contributed by atoms with van der Waals surface area (Å²) in [5.41, 5.74) is 1.08. The van der Waals surface area contributed by atoms with Crippen LogP contribution >= 0.6 is 0 Å². The fraction of sp³-hybridized carbons (Fsp3) is 0.595. The fourth-order valence-electron chi connectivity index (χ4n) is 9.48. The van der Waals surface area contributed by atoms with E-state index in [4.69, 9.17) is 0 Å². The molecule has 3 aliphatic heterocycles. The molecule has 4 fully saturated rings. The molecule has 290 valence electrons. The summed E-state index contributed by atoms with van der Waals surface area (Å²) < 4.78 is 15.0. The van der Waals surface area contributed by atoms with Crippen molar-refractivity contribution in [1.29, 1.82) is 0 Å². The number of piperazine rings is 2. The molecule has 54 heavy (non-hydrogen) atoms.